The minimum absolute atomic E-state index is 0.223. The number of benzene rings is 1. The second kappa shape index (κ2) is 8.96. The highest BCUT2D eigenvalue weighted by atomic mass is 16.6. The van der Waals surface area contributed by atoms with Crippen LogP contribution in [0, 0.1) is 0 Å². The van der Waals surface area contributed by atoms with Crippen LogP contribution in [-0.4, -0.2) is 85.1 Å². The van der Waals surface area contributed by atoms with Crippen LogP contribution in [-0.2, 0) is 0 Å². The molecule has 0 unspecified atom stereocenters. The molecule has 0 atom stereocenters. The molecule has 31 heavy (non-hydrogen) atoms. The summed E-state index contributed by atoms with van der Waals surface area (Å²) in [5.41, 5.74) is 1.35. The van der Waals surface area contributed by atoms with Gasteiger partial charge in [0.05, 0.1) is 26.0 Å². The van der Waals surface area contributed by atoms with Gasteiger partial charge in [-0.3, -0.25) is 15.2 Å². The standard InChI is InChI=1S/C20H23N7O4/c1-26(2)8-9-30-15-5-4-14-16(17(15)29-3)24-19(27-7-6-23-18(14)27)25-20(28)31-13-10-21-12-22-11-13/h4-5,10-12H,6-9H2,1-3H3,(H,24,25,28). The summed E-state index contributed by atoms with van der Waals surface area (Å²) in [4.78, 5) is 33.1. The third kappa shape index (κ3) is 4.40. The van der Waals surface area contributed by atoms with Crippen LogP contribution in [0.5, 0.6) is 17.2 Å². The molecule has 1 aromatic heterocycles. The number of methoxy groups -OCH3 is 1. The molecule has 11 nitrogen and oxygen atoms in total. The first-order valence-electron chi connectivity index (χ1n) is 9.70. The number of aliphatic imine (C=N–C) groups is 2. The van der Waals surface area contributed by atoms with E-state index in [1.54, 1.807) is 7.11 Å². The number of amides is 1. The Bertz CT molecular complexity index is 1020. The highest BCUT2D eigenvalue weighted by Crippen LogP contribution is 2.43. The van der Waals surface area contributed by atoms with Crippen molar-refractivity contribution in [2.45, 2.75) is 0 Å². The molecular weight excluding hydrogens is 402 g/mol. The zero-order valence-electron chi connectivity index (χ0n) is 17.5. The van der Waals surface area contributed by atoms with Crippen molar-refractivity contribution < 1.29 is 19.0 Å². The normalized spacial score (nSPS) is 14.4. The van der Waals surface area contributed by atoms with E-state index in [-0.39, 0.29) is 5.75 Å². The molecule has 2 aliphatic rings. The van der Waals surface area contributed by atoms with Gasteiger partial charge in [-0.05, 0) is 26.2 Å². The third-order valence-electron chi connectivity index (χ3n) is 4.61. The maximum Gasteiger partial charge on any atom is 0.419 e. The van der Waals surface area contributed by atoms with Crippen molar-refractivity contribution in [1.29, 1.82) is 0 Å². The molecule has 4 rings (SSSR count). The zero-order chi connectivity index (χ0) is 21.8. The van der Waals surface area contributed by atoms with E-state index in [0.29, 0.717) is 48.7 Å². The second-order valence-corrected chi connectivity index (χ2v) is 7.03. The topological polar surface area (TPSA) is 114 Å². The maximum atomic E-state index is 12.4. The van der Waals surface area contributed by atoms with Crippen molar-refractivity contribution in [1.82, 2.24) is 25.1 Å². The first kappa shape index (κ1) is 20.5. The Morgan fingerprint density at radius 3 is 2.81 bits per heavy atom. The van der Waals surface area contributed by atoms with Crippen molar-refractivity contribution in [3.05, 3.63) is 36.4 Å². The number of hydrogen-bond donors (Lipinski definition) is 1. The number of aromatic nitrogens is 2. The van der Waals surface area contributed by atoms with Gasteiger partial charge in [-0.25, -0.2) is 19.8 Å². The molecule has 0 spiro atoms. The first-order valence-corrected chi connectivity index (χ1v) is 9.70. The molecule has 162 valence electrons. The Morgan fingerprint density at radius 2 is 2.06 bits per heavy atom. The molecule has 1 amide bonds. The average molecular weight is 425 g/mol. The summed E-state index contributed by atoms with van der Waals surface area (Å²) >= 11 is 0. The van der Waals surface area contributed by atoms with Crippen LogP contribution < -0.4 is 19.5 Å². The average Bonchev–Trinajstić information content (AvgIpc) is 3.24. The highest BCUT2D eigenvalue weighted by molar-refractivity contribution is 6.18. The van der Waals surface area contributed by atoms with Gasteiger partial charge in [0.15, 0.2) is 17.2 Å². The molecule has 11 heteroatoms. The van der Waals surface area contributed by atoms with Crippen LogP contribution in [0.15, 0.2) is 40.8 Å². The van der Waals surface area contributed by atoms with E-state index in [2.05, 4.69) is 25.3 Å². The van der Waals surface area contributed by atoms with Gasteiger partial charge < -0.3 is 19.1 Å². The molecule has 1 N–H and O–H groups in total. The fourth-order valence-electron chi connectivity index (χ4n) is 3.20. The van der Waals surface area contributed by atoms with E-state index in [4.69, 9.17) is 14.2 Å². The molecule has 0 bridgehead atoms. The van der Waals surface area contributed by atoms with Gasteiger partial charge in [0.1, 0.15) is 24.5 Å². The largest absolute Gasteiger partial charge is 0.491 e. The Hall–Kier alpha value is -3.73. The van der Waals surface area contributed by atoms with Crippen LogP contribution in [0.1, 0.15) is 5.56 Å². The summed E-state index contributed by atoms with van der Waals surface area (Å²) < 4.78 is 16.7. The number of likely N-dealkylation sites (N-methyl/N-ethyl adjacent to an activating group) is 1. The minimum atomic E-state index is -0.708. The van der Waals surface area contributed by atoms with Crippen molar-refractivity contribution in [2.75, 3.05) is 47.4 Å². The van der Waals surface area contributed by atoms with Crippen molar-refractivity contribution in [3.8, 4) is 17.2 Å². The number of nitrogens with zero attached hydrogens (tertiary/aromatic N) is 6. The van der Waals surface area contributed by atoms with Crippen molar-refractivity contribution in [3.63, 3.8) is 0 Å². The molecule has 2 aromatic rings. The molecule has 3 heterocycles. The van der Waals surface area contributed by atoms with E-state index in [1.165, 1.54) is 18.7 Å². The number of amidine groups is 1. The lowest BCUT2D eigenvalue weighted by Gasteiger charge is -2.28. The Balaban J connectivity index is 1.62. The van der Waals surface area contributed by atoms with Crippen molar-refractivity contribution >= 4 is 23.6 Å². The molecular formula is C20H23N7O4. The van der Waals surface area contributed by atoms with Crippen LogP contribution in [0.2, 0.25) is 0 Å². The fraction of sp³-hybridized carbons (Fsp3) is 0.350. The lowest BCUT2D eigenvalue weighted by Crippen LogP contribution is -2.48. The molecule has 0 saturated carbocycles. The fourth-order valence-corrected chi connectivity index (χ4v) is 3.20. The van der Waals surface area contributed by atoms with E-state index in [9.17, 15) is 4.79 Å². The predicted octanol–water partition coefficient (Wildman–Crippen LogP) is 1.28. The lowest BCUT2D eigenvalue weighted by molar-refractivity contribution is 0.205. The van der Waals surface area contributed by atoms with Crippen LogP contribution in [0.3, 0.4) is 0 Å². The number of guanidine groups is 1. The number of nitrogens with one attached hydrogen (secondary N) is 1. The first-order chi connectivity index (χ1) is 15.1. The van der Waals surface area contributed by atoms with Gasteiger partial charge in [0.25, 0.3) is 0 Å². The van der Waals surface area contributed by atoms with Gasteiger partial charge in [-0.2, -0.15) is 0 Å². The van der Waals surface area contributed by atoms with E-state index in [1.807, 2.05) is 36.0 Å². The smallest absolute Gasteiger partial charge is 0.419 e. The second-order valence-electron chi connectivity index (χ2n) is 7.03. The molecule has 0 fully saturated rings. The summed E-state index contributed by atoms with van der Waals surface area (Å²) in [5.74, 6) is 2.29. The highest BCUT2D eigenvalue weighted by Gasteiger charge is 2.33. The summed E-state index contributed by atoms with van der Waals surface area (Å²) in [6.07, 6.45) is 3.44. The number of carbonyl (C=O) groups excluding carboxylic acids is 1. The Kier molecular flexibility index (Phi) is 5.94. The third-order valence-corrected chi connectivity index (χ3v) is 4.61. The Morgan fingerprint density at radius 1 is 1.26 bits per heavy atom. The summed E-state index contributed by atoms with van der Waals surface area (Å²) in [6.45, 7) is 2.42. The van der Waals surface area contributed by atoms with Crippen LogP contribution in [0.4, 0.5) is 10.5 Å². The molecule has 0 saturated heterocycles. The maximum absolute atomic E-state index is 12.4. The van der Waals surface area contributed by atoms with E-state index >= 15 is 0 Å². The van der Waals surface area contributed by atoms with Gasteiger partial charge in [0, 0.05) is 18.7 Å². The predicted molar refractivity (Wildman–Crippen MR) is 113 cm³/mol. The summed E-state index contributed by atoms with van der Waals surface area (Å²) in [7, 11) is 5.51. The summed E-state index contributed by atoms with van der Waals surface area (Å²) in [6, 6.07) is 3.75. The number of hydrogen-bond acceptors (Lipinski definition) is 10. The van der Waals surface area contributed by atoms with Gasteiger partial charge in [-0.1, -0.05) is 0 Å². The quantitative estimate of drug-likeness (QED) is 0.736. The number of carbonyl (C=O) groups is 1. The minimum Gasteiger partial charge on any atom is -0.491 e. The molecule has 2 aliphatic heterocycles. The van der Waals surface area contributed by atoms with E-state index in [0.717, 1.165) is 12.1 Å². The van der Waals surface area contributed by atoms with Gasteiger partial charge in [-0.15, -0.1) is 0 Å². The molecule has 1 aromatic carbocycles. The summed E-state index contributed by atoms with van der Waals surface area (Å²) in [5, 5.41) is 2.68. The van der Waals surface area contributed by atoms with Crippen LogP contribution >= 0.6 is 0 Å². The van der Waals surface area contributed by atoms with Crippen LogP contribution in [0.25, 0.3) is 0 Å². The van der Waals surface area contributed by atoms with Gasteiger partial charge >= 0.3 is 6.09 Å². The number of rotatable bonds is 6. The zero-order valence-corrected chi connectivity index (χ0v) is 17.5. The number of ether oxygens (including phenoxy) is 3. The van der Waals surface area contributed by atoms with Crippen molar-refractivity contribution in [2.24, 2.45) is 9.98 Å². The van der Waals surface area contributed by atoms with E-state index < -0.39 is 6.09 Å². The SMILES string of the molecule is COc1c(OCCN(C)C)ccc2c1N=C(NC(=O)Oc1cncnc1)N1CCN=C21. The number of fused-ring (bicyclic) bond motifs is 3. The molecule has 0 radical (unpaired) electrons. The monoisotopic (exact) mass is 425 g/mol. The Labute approximate surface area is 179 Å². The van der Waals surface area contributed by atoms with Gasteiger partial charge in [0.2, 0.25) is 5.96 Å². The lowest BCUT2D eigenvalue weighted by atomic mass is 10.1. The molecule has 0 aliphatic carbocycles.